The van der Waals surface area contributed by atoms with E-state index in [0.29, 0.717) is 0 Å². The van der Waals surface area contributed by atoms with Crippen LogP contribution in [0.2, 0.25) is 0 Å². The normalized spacial score (nSPS) is 11.2. The molecule has 0 spiro atoms. The van der Waals surface area contributed by atoms with E-state index in [-0.39, 0.29) is 0 Å². The van der Waals surface area contributed by atoms with Gasteiger partial charge in [-0.1, -0.05) is 12.1 Å². The summed E-state index contributed by atoms with van der Waals surface area (Å²) in [5, 5.41) is 5.77. The molecular formula is C17H14N4S. The van der Waals surface area contributed by atoms with E-state index in [0.717, 1.165) is 38.0 Å². The van der Waals surface area contributed by atoms with Gasteiger partial charge in [0.25, 0.3) is 0 Å². The first-order chi connectivity index (χ1) is 10.7. The Hall–Kier alpha value is -2.53. The predicted octanol–water partition coefficient (Wildman–Crippen LogP) is 4.16. The molecule has 0 bridgehead atoms. The van der Waals surface area contributed by atoms with Crippen LogP contribution in [0.1, 0.15) is 11.4 Å². The minimum absolute atomic E-state index is 0.841. The molecular weight excluding hydrogens is 292 g/mol. The Labute approximate surface area is 132 Å². The van der Waals surface area contributed by atoms with Crippen LogP contribution in [0.15, 0.2) is 48.7 Å². The minimum atomic E-state index is 0.841. The van der Waals surface area contributed by atoms with Gasteiger partial charge in [0.2, 0.25) is 0 Å². The van der Waals surface area contributed by atoms with E-state index in [4.69, 9.17) is 0 Å². The summed E-state index contributed by atoms with van der Waals surface area (Å²) in [5.41, 5.74) is 3.01. The van der Waals surface area contributed by atoms with Crippen LogP contribution < -0.4 is 0 Å². The van der Waals surface area contributed by atoms with Gasteiger partial charge in [-0.3, -0.25) is 0 Å². The first-order valence-electron chi connectivity index (χ1n) is 7.06. The lowest BCUT2D eigenvalue weighted by atomic mass is 10.2. The number of thiophene rings is 1. The number of fused-ring (bicyclic) bond motifs is 1. The summed E-state index contributed by atoms with van der Waals surface area (Å²) in [6, 6.07) is 14.3. The number of nitrogens with zero attached hydrogens (tertiary/aromatic N) is 4. The van der Waals surface area contributed by atoms with Gasteiger partial charge in [-0.15, -0.1) is 11.3 Å². The highest BCUT2D eigenvalue weighted by Crippen LogP contribution is 2.33. The van der Waals surface area contributed by atoms with Crippen LogP contribution in [0.5, 0.6) is 0 Å². The monoisotopic (exact) mass is 306 g/mol. The molecule has 0 atom stereocenters. The zero-order valence-electron chi connectivity index (χ0n) is 12.3. The summed E-state index contributed by atoms with van der Waals surface area (Å²) in [5.74, 6) is 0.841. The quantitative estimate of drug-likeness (QED) is 0.558. The summed E-state index contributed by atoms with van der Waals surface area (Å²) < 4.78 is 1.91. The van der Waals surface area contributed by atoms with Gasteiger partial charge in [0.05, 0.1) is 16.3 Å². The lowest BCUT2D eigenvalue weighted by Gasteiger charge is -2.05. The molecule has 4 heterocycles. The molecule has 0 aliphatic carbocycles. The third-order valence-electron chi connectivity index (χ3n) is 3.47. The minimum Gasteiger partial charge on any atom is -0.245 e. The molecule has 4 nitrogen and oxygen atoms in total. The third kappa shape index (κ3) is 2.19. The molecule has 22 heavy (non-hydrogen) atoms. The molecule has 0 amide bonds. The average Bonchev–Trinajstić information content (AvgIpc) is 3.10. The van der Waals surface area contributed by atoms with E-state index >= 15 is 0 Å². The van der Waals surface area contributed by atoms with Gasteiger partial charge in [0.15, 0.2) is 5.82 Å². The fourth-order valence-electron chi connectivity index (χ4n) is 2.50. The molecule has 0 fully saturated rings. The van der Waals surface area contributed by atoms with Crippen LogP contribution in [0.25, 0.3) is 26.6 Å². The molecule has 0 aromatic carbocycles. The summed E-state index contributed by atoms with van der Waals surface area (Å²) in [6.07, 6.45) is 1.83. The number of hydrogen-bond acceptors (Lipinski definition) is 4. The maximum absolute atomic E-state index is 4.61. The van der Waals surface area contributed by atoms with E-state index in [2.05, 4.69) is 33.3 Å². The summed E-state index contributed by atoms with van der Waals surface area (Å²) in [7, 11) is 0. The van der Waals surface area contributed by atoms with Gasteiger partial charge in [0.1, 0.15) is 4.83 Å². The van der Waals surface area contributed by atoms with Crippen LogP contribution in [0.3, 0.4) is 0 Å². The molecule has 108 valence electrons. The van der Waals surface area contributed by atoms with E-state index in [1.807, 2.05) is 49.0 Å². The second-order valence-corrected chi connectivity index (χ2v) is 6.26. The van der Waals surface area contributed by atoms with Gasteiger partial charge in [-0.2, -0.15) is 5.10 Å². The molecule has 5 heteroatoms. The smallest absolute Gasteiger partial charge is 0.154 e. The van der Waals surface area contributed by atoms with Crippen molar-refractivity contribution in [2.75, 3.05) is 0 Å². The van der Waals surface area contributed by atoms with Gasteiger partial charge in [-0.05, 0) is 44.2 Å². The zero-order chi connectivity index (χ0) is 15.1. The molecule has 0 saturated carbocycles. The Morgan fingerprint density at radius 1 is 1.00 bits per heavy atom. The summed E-state index contributed by atoms with van der Waals surface area (Å²) in [6.45, 7) is 3.99. The molecule has 4 rings (SSSR count). The van der Waals surface area contributed by atoms with Crippen molar-refractivity contribution in [1.29, 1.82) is 0 Å². The lowest BCUT2D eigenvalue weighted by Crippen LogP contribution is -2.02. The van der Waals surface area contributed by atoms with E-state index in [9.17, 15) is 0 Å². The lowest BCUT2D eigenvalue weighted by molar-refractivity contribution is 0.835. The molecule has 0 N–H and O–H groups in total. The van der Waals surface area contributed by atoms with Crippen molar-refractivity contribution < 1.29 is 0 Å². The first-order valence-corrected chi connectivity index (χ1v) is 7.88. The Kier molecular flexibility index (Phi) is 3.01. The SMILES string of the molecule is Cc1cccc(-n2nc(C)cc2-c2cc3cccnc3s2)n1. The van der Waals surface area contributed by atoms with E-state index in [1.54, 1.807) is 11.3 Å². The number of aromatic nitrogens is 4. The zero-order valence-corrected chi connectivity index (χ0v) is 13.1. The molecule has 0 aliphatic heterocycles. The van der Waals surface area contributed by atoms with Gasteiger partial charge < -0.3 is 0 Å². The Bertz CT molecular complexity index is 935. The molecule has 4 aromatic rings. The third-order valence-corrected chi connectivity index (χ3v) is 4.55. The fraction of sp³-hybridized carbons (Fsp3) is 0.118. The van der Waals surface area contributed by atoms with Crippen LogP contribution in [0.4, 0.5) is 0 Å². The number of hydrogen-bond donors (Lipinski definition) is 0. The van der Waals surface area contributed by atoms with Crippen molar-refractivity contribution >= 4 is 21.6 Å². The van der Waals surface area contributed by atoms with Crippen LogP contribution in [-0.4, -0.2) is 19.7 Å². The number of pyridine rings is 2. The molecule has 0 unspecified atom stereocenters. The number of aryl methyl sites for hydroxylation is 2. The van der Waals surface area contributed by atoms with Gasteiger partial charge in [-0.25, -0.2) is 14.6 Å². The first kappa shape index (κ1) is 13.2. The highest BCUT2D eigenvalue weighted by molar-refractivity contribution is 7.21. The van der Waals surface area contributed by atoms with Crippen molar-refractivity contribution in [2.45, 2.75) is 13.8 Å². The topological polar surface area (TPSA) is 43.6 Å². The van der Waals surface area contributed by atoms with Crippen LogP contribution >= 0.6 is 11.3 Å². The maximum atomic E-state index is 4.61. The standard InChI is InChI=1S/C17H14N4S/c1-11-5-3-7-16(19-11)21-14(9-12(2)20-21)15-10-13-6-4-8-18-17(13)22-15/h3-10H,1-2H3. The van der Waals surface area contributed by atoms with Crippen molar-refractivity contribution in [2.24, 2.45) is 0 Å². The van der Waals surface area contributed by atoms with Gasteiger partial charge >= 0.3 is 0 Å². The Morgan fingerprint density at radius 3 is 2.73 bits per heavy atom. The molecule has 0 aliphatic rings. The van der Waals surface area contributed by atoms with E-state index in [1.165, 1.54) is 0 Å². The molecule has 0 radical (unpaired) electrons. The van der Waals surface area contributed by atoms with Crippen molar-refractivity contribution in [3.63, 3.8) is 0 Å². The molecule has 0 saturated heterocycles. The second-order valence-electron chi connectivity index (χ2n) is 5.23. The fourth-order valence-corrected chi connectivity index (χ4v) is 3.50. The van der Waals surface area contributed by atoms with Crippen LogP contribution in [-0.2, 0) is 0 Å². The molecule has 4 aromatic heterocycles. The largest absolute Gasteiger partial charge is 0.245 e. The van der Waals surface area contributed by atoms with E-state index < -0.39 is 0 Å². The van der Waals surface area contributed by atoms with Crippen molar-refractivity contribution in [3.8, 4) is 16.4 Å². The second kappa shape index (κ2) is 5.03. The number of rotatable bonds is 2. The van der Waals surface area contributed by atoms with Crippen LogP contribution in [0, 0.1) is 13.8 Å². The summed E-state index contributed by atoms with van der Waals surface area (Å²) in [4.78, 5) is 11.2. The van der Waals surface area contributed by atoms with Crippen molar-refractivity contribution in [3.05, 3.63) is 60.0 Å². The van der Waals surface area contributed by atoms with Gasteiger partial charge in [0, 0.05) is 17.3 Å². The predicted molar refractivity (Wildman–Crippen MR) is 89.4 cm³/mol. The summed E-state index contributed by atoms with van der Waals surface area (Å²) >= 11 is 1.68. The highest BCUT2D eigenvalue weighted by Gasteiger charge is 2.14. The maximum Gasteiger partial charge on any atom is 0.154 e. The Balaban J connectivity index is 1.92. The highest BCUT2D eigenvalue weighted by atomic mass is 32.1. The Morgan fingerprint density at radius 2 is 1.91 bits per heavy atom. The average molecular weight is 306 g/mol. The van der Waals surface area contributed by atoms with Crippen molar-refractivity contribution in [1.82, 2.24) is 19.7 Å².